The fraction of sp³-hybridized carbons (Fsp3) is 0.667. The molecule has 0 atom stereocenters. The molecule has 1 aliphatic carbocycles. The van der Waals surface area contributed by atoms with E-state index in [-0.39, 0.29) is 18.8 Å². The van der Waals surface area contributed by atoms with Crippen LogP contribution in [0.2, 0.25) is 0 Å². The standard InChI is InChI=1S/C21H32N6O3/c1-14(2)12-26(4)21(28)29-13-18-19(24-25-27(18)5)17-11-22-20(15(3)23-17)30-16-9-7-6-8-10-16/h11,14,16H,6-10,12-13H2,1-5H3. The number of ether oxygens (including phenoxy) is 2. The van der Waals surface area contributed by atoms with E-state index in [4.69, 9.17) is 9.47 Å². The third kappa shape index (κ3) is 5.46. The molecule has 0 spiro atoms. The number of rotatable bonds is 7. The van der Waals surface area contributed by atoms with Gasteiger partial charge in [-0.1, -0.05) is 25.5 Å². The minimum absolute atomic E-state index is 0.0567. The summed E-state index contributed by atoms with van der Waals surface area (Å²) < 4.78 is 13.1. The van der Waals surface area contributed by atoms with Gasteiger partial charge in [0.15, 0.2) is 0 Å². The fourth-order valence-electron chi connectivity index (χ4n) is 3.64. The molecule has 0 aromatic carbocycles. The van der Waals surface area contributed by atoms with Crippen LogP contribution in [0.15, 0.2) is 6.20 Å². The summed E-state index contributed by atoms with van der Waals surface area (Å²) in [5.74, 6) is 0.932. The lowest BCUT2D eigenvalue weighted by atomic mass is 9.98. The molecule has 0 N–H and O–H groups in total. The van der Waals surface area contributed by atoms with Crippen LogP contribution in [-0.2, 0) is 18.4 Å². The Balaban J connectivity index is 1.70. The van der Waals surface area contributed by atoms with E-state index >= 15 is 0 Å². The van der Waals surface area contributed by atoms with Gasteiger partial charge in [0.1, 0.15) is 35.5 Å². The second-order valence-corrected chi connectivity index (χ2v) is 8.36. The quantitative estimate of drug-likeness (QED) is 0.681. The Bertz CT molecular complexity index is 860. The van der Waals surface area contributed by atoms with Crippen molar-refractivity contribution < 1.29 is 14.3 Å². The molecule has 0 radical (unpaired) electrons. The molecule has 9 heteroatoms. The van der Waals surface area contributed by atoms with E-state index < -0.39 is 0 Å². The van der Waals surface area contributed by atoms with Crippen LogP contribution in [0.25, 0.3) is 11.4 Å². The van der Waals surface area contributed by atoms with Crippen LogP contribution < -0.4 is 4.74 Å². The molecule has 2 heterocycles. The molecule has 1 saturated carbocycles. The zero-order valence-electron chi connectivity index (χ0n) is 18.6. The van der Waals surface area contributed by atoms with Crippen LogP contribution in [0.1, 0.15) is 57.3 Å². The molecule has 2 aromatic heterocycles. The van der Waals surface area contributed by atoms with Crippen LogP contribution in [0.4, 0.5) is 4.79 Å². The van der Waals surface area contributed by atoms with E-state index in [1.54, 1.807) is 29.9 Å². The summed E-state index contributed by atoms with van der Waals surface area (Å²) in [5.41, 5.74) is 2.51. The van der Waals surface area contributed by atoms with Crippen LogP contribution in [0, 0.1) is 12.8 Å². The van der Waals surface area contributed by atoms with Crippen LogP contribution >= 0.6 is 0 Å². The third-order valence-electron chi connectivity index (χ3n) is 5.20. The minimum atomic E-state index is -0.380. The van der Waals surface area contributed by atoms with Gasteiger partial charge in [-0.05, 0) is 38.5 Å². The van der Waals surface area contributed by atoms with Crippen molar-refractivity contribution in [2.24, 2.45) is 13.0 Å². The molecule has 164 valence electrons. The lowest BCUT2D eigenvalue weighted by Gasteiger charge is -2.22. The molecule has 9 nitrogen and oxygen atoms in total. The second-order valence-electron chi connectivity index (χ2n) is 8.36. The van der Waals surface area contributed by atoms with Gasteiger partial charge >= 0.3 is 6.09 Å². The van der Waals surface area contributed by atoms with Crippen molar-refractivity contribution in [1.29, 1.82) is 0 Å². The molecular formula is C21H32N6O3. The Morgan fingerprint density at radius 3 is 2.70 bits per heavy atom. The number of nitrogens with zero attached hydrogens (tertiary/aromatic N) is 6. The van der Waals surface area contributed by atoms with Gasteiger partial charge in [0.2, 0.25) is 5.88 Å². The molecule has 0 saturated heterocycles. The summed E-state index contributed by atoms with van der Waals surface area (Å²) in [6, 6.07) is 0. The molecule has 30 heavy (non-hydrogen) atoms. The Labute approximate surface area is 177 Å². The molecule has 0 aliphatic heterocycles. The Morgan fingerprint density at radius 1 is 1.30 bits per heavy atom. The molecule has 3 rings (SSSR count). The Morgan fingerprint density at radius 2 is 2.03 bits per heavy atom. The van der Waals surface area contributed by atoms with Crippen LogP contribution in [0.5, 0.6) is 5.88 Å². The number of aryl methyl sites for hydroxylation is 2. The summed E-state index contributed by atoms with van der Waals surface area (Å²) in [6.45, 7) is 6.67. The number of carbonyl (C=O) groups excluding carboxylic acids is 1. The van der Waals surface area contributed by atoms with E-state index in [0.717, 1.165) is 12.8 Å². The molecular weight excluding hydrogens is 384 g/mol. The highest BCUT2D eigenvalue weighted by Gasteiger charge is 2.21. The summed E-state index contributed by atoms with van der Waals surface area (Å²) in [4.78, 5) is 22.9. The first-order valence-corrected chi connectivity index (χ1v) is 10.6. The van der Waals surface area contributed by atoms with Crippen molar-refractivity contribution >= 4 is 6.09 Å². The van der Waals surface area contributed by atoms with Crippen molar-refractivity contribution in [2.45, 2.75) is 65.6 Å². The first-order chi connectivity index (χ1) is 14.3. The first kappa shape index (κ1) is 22.0. The van der Waals surface area contributed by atoms with Gasteiger partial charge in [0.25, 0.3) is 0 Å². The van der Waals surface area contributed by atoms with E-state index in [1.807, 2.05) is 6.92 Å². The highest BCUT2D eigenvalue weighted by Crippen LogP contribution is 2.26. The van der Waals surface area contributed by atoms with Gasteiger partial charge in [0, 0.05) is 20.6 Å². The topological polar surface area (TPSA) is 95.3 Å². The summed E-state index contributed by atoms with van der Waals surface area (Å²) in [6.07, 6.45) is 7.28. The molecule has 1 amide bonds. The fourth-order valence-corrected chi connectivity index (χ4v) is 3.64. The normalized spacial score (nSPS) is 14.7. The zero-order valence-corrected chi connectivity index (χ0v) is 18.6. The second kappa shape index (κ2) is 9.86. The number of amides is 1. The average Bonchev–Trinajstić information content (AvgIpc) is 3.08. The maximum atomic E-state index is 12.2. The zero-order chi connectivity index (χ0) is 21.7. The van der Waals surface area contributed by atoms with Crippen LogP contribution in [0.3, 0.4) is 0 Å². The van der Waals surface area contributed by atoms with Gasteiger partial charge in [0.05, 0.1) is 6.20 Å². The third-order valence-corrected chi connectivity index (χ3v) is 5.20. The minimum Gasteiger partial charge on any atom is -0.473 e. The van der Waals surface area contributed by atoms with Gasteiger partial charge in [-0.25, -0.2) is 19.4 Å². The highest BCUT2D eigenvalue weighted by molar-refractivity contribution is 5.67. The molecule has 0 bridgehead atoms. The Hall–Kier alpha value is -2.71. The molecule has 0 unspecified atom stereocenters. The van der Waals surface area contributed by atoms with Crippen LogP contribution in [-0.4, -0.2) is 55.7 Å². The predicted molar refractivity (Wildman–Crippen MR) is 112 cm³/mol. The predicted octanol–water partition coefficient (Wildman–Crippen LogP) is 3.52. The molecule has 1 aliphatic rings. The SMILES string of the molecule is Cc1nc(-c2nnn(C)c2COC(=O)N(C)CC(C)C)cnc1OC1CCCCC1. The maximum Gasteiger partial charge on any atom is 0.409 e. The van der Waals surface area contributed by atoms with Crippen molar-refractivity contribution in [3.8, 4) is 17.3 Å². The van der Waals surface area contributed by atoms with Crippen molar-refractivity contribution in [3.63, 3.8) is 0 Å². The largest absolute Gasteiger partial charge is 0.473 e. The van der Waals surface area contributed by atoms with Crippen molar-refractivity contribution in [1.82, 2.24) is 29.9 Å². The Kier molecular flexibility index (Phi) is 7.23. The van der Waals surface area contributed by atoms with E-state index in [0.29, 0.717) is 41.1 Å². The number of hydrogen-bond donors (Lipinski definition) is 0. The lowest BCUT2D eigenvalue weighted by molar-refractivity contribution is 0.0990. The monoisotopic (exact) mass is 416 g/mol. The summed E-state index contributed by atoms with van der Waals surface area (Å²) in [7, 11) is 3.49. The van der Waals surface area contributed by atoms with Crippen molar-refractivity contribution in [2.75, 3.05) is 13.6 Å². The maximum absolute atomic E-state index is 12.2. The van der Waals surface area contributed by atoms with Gasteiger partial charge in [-0.3, -0.25) is 0 Å². The van der Waals surface area contributed by atoms with E-state index in [2.05, 4.69) is 34.1 Å². The smallest absolute Gasteiger partial charge is 0.409 e. The number of hydrogen-bond acceptors (Lipinski definition) is 7. The van der Waals surface area contributed by atoms with Crippen molar-refractivity contribution in [3.05, 3.63) is 17.6 Å². The molecule has 2 aromatic rings. The highest BCUT2D eigenvalue weighted by atomic mass is 16.6. The lowest BCUT2D eigenvalue weighted by Crippen LogP contribution is -2.31. The van der Waals surface area contributed by atoms with Gasteiger partial charge < -0.3 is 14.4 Å². The number of carbonyl (C=O) groups is 1. The summed E-state index contributed by atoms with van der Waals surface area (Å²) >= 11 is 0. The van der Waals surface area contributed by atoms with Gasteiger partial charge in [-0.2, -0.15) is 0 Å². The first-order valence-electron chi connectivity index (χ1n) is 10.6. The molecule has 1 fully saturated rings. The summed E-state index contributed by atoms with van der Waals surface area (Å²) in [5, 5.41) is 8.28. The van der Waals surface area contributed by atoms with E-state index in [1.165, 1.54) is 19.3 Å². The average molecular weight is 417 g/mol. The van der Waals surface area contributed by atoms with E-state index in [9.17, 15) is 4.79 Å². The van der Waals surface area contributed by atoms with Gasteiger partial charge in [-0.15, -0.1) is 5.10 Å². The number of aromatic nitrogens is 5.